The zero-order valence-corrected chi connectivity index (χ0v) is 13.0. The van der Waals surface area contributed by atoms with E-state index in [1.807, 2.05) is 0 Å². The molecule has 114 valence electrons. The summed E-state index contributed by atoms with van der Waals surface area (Å²) in [7, 11) is 0. The summed E-state index contributed by atoms with van der Waals surface area (Å²) in [5, 5.41) is 16.9. The van der Waals surface area contributed by atoms with E-state index >= 15 is 0 Å². The second-order valence-corrected chi connectivity index (χ2v) is 7.28. The molecule has 2 heteroatoms. The average Bonchev–Trinajstić information content (AvgIpc) is 2.50. The van der Waals surface area contributed by atoms with Crippen LogP contribution < -0.4 is 0 Å². The lowest BCUT2D eigenvalue weighted by Crippen LogP contribution is -2.20. The van der Waals surface area contributed by atoms with Crippen molar-refractivity contribution in [1.82, 2.24) is 0 Å². The van der Waals surface area contributed by atoms with Crippen LogP contribution in [0, 0.1) is 17.3 Å². The second-order valence-electron chi connectivity index (χ2n) is 7.28. The van der Waals surface area contributed by atoms with Crippen LogP contribution in [0.4, 0.5) is 0 Å². The van der Waals surface area contributed by atoms with Crippen molar-refractivity contribution in [1.29, 1.82) is 0 Å². The first-order valence-corrected chi connectivity index (χ1v) is 8.31. The van der Waals surface area contributed by atoms with Crippen LogP contribution in [0.25, 0.3) is 0 Å². The van der Waals surface area contributed by atoms with Crippen LogP contribution in [-0.2, 0) is 0 Å². The van der Waals surface area contributed by atoms with Gasteiger partial charge < -0.3 is 10.2 Å². The molecule has 2 fully saturated rings. The van der Waals surface area contributed by atoms with Gasteiger partial charge in [-0.15, -0.1) is 0 Å². The Balaban J connectivity index is 0.000000224. The molecule has 2 saturated carbocycles. The molecule has 0 radical (unpaired) electrons. The number of aliphatic hydroxyl groups is 2. The van der Waals surface area contributed by atoms with Crippen molar-refractivity contribution in [3.8, 4) is 0 Å². The van der Waals surface area contributed by atoms with Crippen LogP contribution in [0.5, 0.6) is 0 Å². The summed E-state index contributed by atoms with van der Waals surface area (Å²) in [5.74, 6) is 2.28. The van der Waals surface area contributed by atoms with Crippen molar-refractivity contribution < 1.29 is 10.2 Å². The van der Waals surface area contributed by atoms with Crippen molar-refractivity contribution in [3.63, 3.8) is 0 Å². The molecule has 0 spiro atoms. The predicted octanol–water partition coefficient (Wildman–Crippen LogP) is 4.14. The van der Waals surface area contributed by atoms with Gasteiger partial charge in [0.1, 0.15) is 0 Å². The van der Waals surface area contributed by atoms with Crippen LogP contribution in [-0.4, -0.2) is 23.4 Å². The minimum absolute atomic E-state index is 0.0451. The number of aliphatic hydroxyl groups excluding tert-OH is 2. The highest BCUT2D eigenvalue weighted by Gasteiger charge is 2.24. The van der Waals surface area contributed by atoms with E-state index in [1.54, 1.807) is 39.5 Å². The van der Waals surface area contributed by atoms with Crippen LogP contribution in [0.2, 0.25) is 0 Å². The molecule has 0 amide bonds. The van der Waals surface area contributed by atoms with E-state index < -0.39 is 0 Å². The summed E-state index contributed by atoms with van der Waals surface area (Å²) in [6.07, 6.45) is 15.4. The van der Waals surface area contributed by atoms with Gasteiger partial charge in [-0.3, -0.25) is 0 Å². The van der Waals surface area contributed by atoms with Gasteiger partial charge in [0.2, 0.25) is 0 Å². The lowest BCUT2D eigenvalue weighted by Gasteiger charge is -2.32. The van der Waals surface area contributed by atoms with Crippen molar-refractivity contribution in [2.45, 2.75) is 78.1 Å². The standard InChI is InChI=1S/C12H22.C5H12O2/c1-3-7-11(8-4-1)12-9-5-2-6-10-12;1-5(2,3-6)4-7/h11-12H,1-10H2;6-7H,3-4H2,1-2H3. The second kappa shape index (κ2) is 8.97. The van der Waals surface area contributed by atoms with Crippen LogP contribution in [0.3, 0.4) is 0 Å². The van der Waals surface area contributed by atoms with Gasteiger partial charge in [0, 0.05) is 5.41 Å². The Kier molecular flexibility index (Phi) is 8.01. The first-order chi connectivity index (χ1) is 9.09. The molecule has 19 heavy (non-hydrogen) atoms. The van der Waals surface area contributed by atoms with Crippen molar-refractivity contribution in [2.24, 2.45) is 17.3 Å². The van der Waals surface area contributed by atoms with Crippen LogP contribution in [0.15, 0.2) is 0 Å². The van der Waals surface area contributed by atoms with Crippen molar-refractivity contribution >= 4 is 0 Å². The third-order valence-corrected chi connectivity index (χ3v) is 4.82. The van der Waals surface area contributed by atoms with Gasteiger partial charge in [-0.2, -0.15) is 0 Å². The number of rotatable bonds is 3. The lowest BCUT2D eigenvalue weighted by atomic mass is 9.73. The fourth-order valence-electron chi connectivity index (χ4n) is 3.26. The molecule has 2 nitrogen and oxygen atoms in total. The number of hydrogen-bond acceptors (Lipinski definition) is 2. The van der Waals surface area contributed by atoms with Gasteiger partial charge in [-0.25, -0.2) is 0 Å². The fourth-order valence-corrected chi connectivity index (χ4v) is 3.26. The van der Waals surface area contributed by atoms with Crippen LogP contribution in [0.1, 0.15) is 78.1 Å². The monoisotopic (exact) mass is 270 g/mol. The molecule has 0 aromatic rings. The molecule has 2 aliphatic carbocycles. The zero-order valence-electron chi connectivity index (χ0n) is 13.0. The average molecular weight is 270 g/mol. The molecule has 0 aromatic carbocycles. The maximum Gasteiger partial charge on any atom is 0.0504 e. The van der Waals surface area contributed by atoms with Gasteiger partial charge in [-0.1, -0.05) is 78.1 Å². The van der Waals surface area contributed by atoms with E-state index in [9.17, 15) is 0 Å². The first kappa shape index (κ1) is 17.0. The Bertz CT molecular complexity index is 191. The van der Waals surface area contributed by atoms with E-state index in [0.717, 1.165) is 11.8 Å². The Hall–Kier alpha value is -0.0800. The molecule has 2 N–H and O–H groups in total. The summed E-state index contributed by atoms with van der Waals surface area (Å²) in [5.41, 5.74) is -0.306. The fraction of sp³-hybridized carbons (Fsp3) is 1.00. The van der Waals surface area contributed by atoms with E-state index in [4.69, 9.17) is 10.2 Å². The van der Waals surface area contributed by atoms with Crippen molar-refractivity contribution in [2.75, 3.05) is 13.2 Å². The molecule has 0 aromatic heterocycles. The molecule has 0 atom stereocenters. The zero-order chi connectivity index (χ0) is 14.1. The minimum Gasteiger partial charge on any atom is -0.396 e. The summed E-state index contributed by atoms with van der Waals surface area (Å²) in [4.78, 5) is 0. The summed E-state index contributed by atoms with van der Waals surface area (Å²) >= 11 is 0. The Morgan fingerprint density at radius 2 is 1.00 bits per heavy atom. The highest BCUT2D eigenvalue weighted by Crippen LogP contribution is 2.37. The van der Waals surface area contributed by atoms with E-state index in [-0.39, 0.29) is 18.6 Å². The largest absolute Gasteiger partial charge is 0.396 e. The van der Waals surface area contributed by atoms with Gasteiger partial charge in [0.15, 0.2) is 0 Å². The molecular formula is C17H34O2. The Morgan fingerprint density at radius 1 is 0.684 bits per heavy atom. The topological polar surface area (TPSA) is 40.5 Å². The Morgan fingerprint density at radius 3 is 1.21 bits per heavy atom. The van der Waals surface area contributed by atoms with Gasteiger partial charge in [0.25, 0.3) is 0 Å². The third kappa shape index (κ3) is 6.76. The summed E-state index contributed by atoms with van der Waals surface area (Å²) in [6.45, 7) is 3.69. The quantitative estimate of drug-likeness (QED) is 0.809. The number of hydrogen-bond donors (Lipinski definition) is 2. The predicted molar refractivity (Wildman–Crippen MR) is 81.1 cm³/mol. The summed E-state index contributed by atoms with van der Waals surface area (Å²) in [6, 6.07) is 0. The molecule has 0 saturated heterocycles. The highest BCUT2D eigenvalue weighted by atomic mass is 16.3. The first-order valence-electron chi connectivity index (χ1n) is 8.31. The molecule has 0 aliphatic heterocycles. The van der Waals surface area contributed by atoms with E-state index in [1.165, 1.54) is 38.5 Å². The van der Waals surface area contributed by atoms with Crippen LogP contribution >= 0.6 is 0 Å². The SMILES string of the molecule is C1CCC(C2CCCCC2)CC1.CC(C)(CO)CO. The molecule has 2 aliphatic rings. The molecule has 0 unspecified atom stereocenters. The normalized spacial score (nSPS) is 22.7. The van der Waals surface area contributed by atoms with Crippen molar-refractivity contribution in [3.05, 3.63) is 0 Å². The lowest BCUT2D eigenvalue weighted by molar-refractivity contribution is 0.0857. The Labute approximate surface area is 119 Å². The maximum atomic E-state index is 8.43. The van der Waals surface area contributed by atoms with Gasteiger partial charge in [-0.05, 0) is 11.8 Å². The van der Waals surface area contributed by atoms with E-state index in [2.05, 4.69) is 0 Å². The highest BCUT2D eigenvalue weighted by molar-refractivity contribution is 4.76. The molecule has 2 rings (SSSR count). The molecular weight excluding hydrogens is 236 g/mol. The van der Waals surface area contributed by atoms with Gasteiger partial charge >= 0.3 is 0 Å². The smallest absolute Gasteiger partial charge is 0.0504 e. The minimum atomic E-state index is -0.306. The third-order valence-electron chi connectivity index (χ3n) is 4.82. The summed E-state index contributed by atoms with van der Waals surface area (Å²) < 4.78 is 0. The van der Waals surface area contributed by atoms with Gasteiger partial charge in [0.05, 0.1) is 13.2 Å². The van der Waals surface area contributed by atoms with E-state index in [0.29, 0.717) is 0 Å². The molecule has 0 bridgehead atoms. The maximum absolute atomic E-state index is 8.43. The molecule has 0 heterocycles.